The molecular weight excluding hydrogens is 268 g/mol. The molecule has 0 atom stereocenters. The molecule has 0 aliphatic carbocycles. The topological polar surface area (TPSA) is 81.3 Å². The van der Waals surface area contributed by atoms with Gasteiger partial charge in [-0.1, -0.05) is 18.2 Å². The maximum atomic E-state index is 7.00. The van der Waals surface area contributed by atoms with Crippen molar-refractivity contribution < 1.29 is 56.7 Å². The van der Waals surface area contributed by atoms with Crippen LogP contribution in [-0.2, 0) is 57.8 Å². The zero-order chi connectivity index (χ0) is 6.69. The van der Waals surface area contributed by atoms with Gasteiger partial charge in [-0.3, -0.25) is 0 Å². The first-order chi connectivity index (χ1) is 4.34. The molecule has 0 aromatic heterocycles. The van der Waals surface area contributed by atoms with Crippen molar-refractivity contribution in [3.63, 3.8) is 0 Å². The van der Waals surface area contributed by atoms with Crippen LogP contribution in [-0.4, -0.2) is 5.48 Å². The number of nitrogen functional groups attached to an aromatic ring is 1. The number of hydrogen-bond acceptors (Lipinski definition) is 1. The van der Waals surface area contributed by atoms with E-state index < -0.39 is 0 Å². The molecule has 0 unspecified atom stereocenters. The molecule has 1 aromatic rings. The van der Waals surface area contributed by atoms with Crippen molar-refractivity contribution in [3.8, 4) is 0 Å². The fourth-order valence-corrected chi connectivity index (χ4v) is 0.695. The van der Waals surface area contributed by atoms with Gasteiger partial charge in [-0.15, -0.1) is 6.54 Å². The van der Waals surface area contributed by atoms with Gasteiger partial charge in [-0.25, -0.2) is 0 Å². The third-order valence-corrected chi connectivity index (χ3v) is 1.25. The zero-order valence-electron chi connectivity index (χ0n) is 6.62. The molecule has 0 bridgehead atoms. The predicted octanol–water partition coefficient (Wildman–Crippen LogP) is 0.991. The second-order valence-corrected chi connectivity index (χ2v) is 1.88. The summed E-state index contributed by atoms with van der Waals surface area (Å²) in [7, 11) is 0. The van der Waals surface area contributed by atoms with Gasteiger partial charge in [-0.2, -0.15) is 0 Å². The largest absolute Gasteiger partial charge is 0.674 e. The molecule has 0 heterocycles. The van der Waals surface area contributed by atoms with Crippen LogP contribution in [0.25, 0.3) is 5.73 Å². The van der Waals surface area contributed by atoms with E-state index in [0.717, 1.165) is 5.56 Å². The summed E-state index contributed by atoms with van der Waals surface area (Å²) in [6.07, 6.45) is 0. The summed E-state index contributed by atoms with van der Waals surface area (Å²) >= 11 is 0. The molecule has 0 aliphatic rings. The first-order valence-electron chi connectivity index (χ1n) is 2.82. The third-order valence-electron chi connectivity index (χ3n) is 1.25. The molecule has 0 spiro atoms. The zero-order valence-corrected chi connectivity index (χ0v) is 10.9. The van der Waals surface area contributed by atoms with Gasteiger partial charge in [-0.05, 0) is 11.6 Å². The van der Waals surface area contributed by atoms with Gasteiger partial charge >= 0.3 is 0 Å². The second kappa shape index (κ2) is 9.71. The fraction of sp³-hybridized carbons (Fsp3) is 0.143. The molecule has 2 radical (unpaired) electrons. The van der Waals surface area contributed by atoms with Gasteiger partial charge in [0.15, 0.2) is 0 Å². The van der Waals surface area contributed by atoms with Crippen molar-refractivity contribution in [2.24, 2.45) is 0 Å². The van der Waals surface area contributed by atoms with Gasteiger partial charge in [0.1, 0.15) is 0 Å². The smallest absolute Gasteiger partial charge is 0.0328 e. The molecule has 0 fully saturated rings. The molecule has 1 aromatic carbocycles. The monoisotopic (exact) mass is 279 g/mol. The van der Waals surface area contributed by atoms with Crippen molar-refractivity contribution in [1.29, 1.82) is 0 Å². The Morgan fingerprint density at radius 2 is 1.75 bits per heavy atom. The number of benzene rings is 1. The Kier molecular flexibility index (Phi) is 14.9. The Balaban J connectivity index is -0.000000270. The molecule has 64 valence electrons. The Bertz CT molecular complexity index is 210. The molecule has 0 aliphatic heterocycles. The fourth-order valence-electron chi connectivity index (χ4n) is 0.695. The molecule has 0 amide bonds. The summed E-state index contributed by atoms with van der Waals surface area (Å²) in [6.45, 7) is 0.271. The van der Waals surface area contributed by atoms with Crippen molar-refractivity contribution in [2.45, 2.75) is 6.54 Å². The first-order valence-corrected chi connectivity index (χ1v) is 2.82. The molecule has 12 heavy (non-hydrogen) atoms. The number of anilines is 1. The van der Waals surface area contributed by atoms with Gasteiger partial charge in [0.2, 0.25) is 0 Å². The van der Waals surface area contributed by atoms with Crippen molar-refractivity contribution in [3.05, 3.63) is 35.6 Å². The van der Waals surface area contributed by atoms with E-state index in [9.17, 15) is 0 Å². The third kappa shape index (κ3) is 5.30. The average Bonchev–Trinajstić information content (AvgIpc) is 1.89. The second-order valence-electron chi connectivity index (χ2n) is 1.88. The van der Waals surface area contributed by atoms with Crippen LogP contribution in [0.15, 0.2) is 24.3 Å². The SMILES string of the molecule is O.[NH-]Cc1ccccc1N.[V].[Y]. The summed E-state index contributed by atoms with van der Waals surface area (Å²) in [5.41, 5.74) is 14.1. The molecule has 0 saturated carbocycles. The van der Waals surface area contributed by atoms with Gasteiger partial charge in [0.05, 0.1) is 0 Å². The minimum Gasteiger partial charge on any atom is -0.674 e. The molecule has 1 rings (SSSR count). The minimum atomic E-state index is 0. The number of nitrogens with two attached hydrogens (primary N) is 1. The number of para-hydroxylation sites is 1. The van der Waals surface area contributed by atoms with Gasteiger partial charge < -0.3 is 16.9 Å². The quantitative estimate of drug-likeness (QED) is 0.764. The number of nitrogens with one attached hydrogen (secondary N) is 1. The van der Waals surface area contributed by atoms with E-state index in [2.05, 4.69) is 0 Å². The summed E-state index contributed by atoms with van der Waals surface area (Å²) in [4.78, 5) is 0. The Hall–Kier alpha value is 0.628. The van der Waals surface area contributed by atoms with Crippen molar-refractivity contribution in [1.82, 2.24) is 0 Å². The van der Waals surface area contributed by atoms with E-state index in [-0.39, 0.29) is 63.3 Å². The summed E-state index contributed by atoms with van der Waals surface area (Å²) in [5.74, 6) is 0. The maximum absolute atomic E-state index is 7.00. The van der Waals surface area contributed by atoms with Crippen LogP contribution < -0.4 is 5.73 Å². The van der Waals surface area contributed by atoms with Crippen LogP contribution in [0.3, 0.4) is 0 Å². The van der Waals surface area contributed by atoms with E-state index in [1.165, 1.54) is 0 Å². The Morgan fingerprint density at radius 3 is 2.08 bits per heavy atom. The van der Waals surface area contributed by atoms with Crippen LogP contribution >= 0.6 is 0 Å². The first kappa shape index (κ1) is 18.4. The predicted molar refractivity (Wildman–Crippen MR) is 42.5 cm³/mol. The van der Waals surface area contributed by atoms with Crippen molar-refractivity contribution >= 4 is 5.69 Å². The number of rotatable bonds is 1. The molecule has 5 heteroatoms. The molecule has 3 nitrogen and oxygen atoms in total. The summed E-state index contributed by atoms with van der Waals surface area (Å²) < 4.78 is 0. The minimum absolute atomic E-state index is 0. The molecular formula is C7H11N2OVY-. The van der Waals surface area contributed by atoms with E-state index in [1.807, 2.05) is 24.3 Å². The van der Waals surface area contributed by atoms with E-state index >= 15 is 0 Å². The number of hydrogen-bond donors (Lipinski definition) is 1. The van der Waals surface area contributed by atoms with Crippen LogP contribution in [0.5, 0.6) is 0 Å². The normalized spacial score (nSPS) is 7.08. The summed E-state index contributed by atoms with van der Waals surface area (Å²) in [5, 5.41) is 0. The Labute approximate surface area is 109 Å². The van der Waals surface area contributed by atoms with Crippen LogP contribution in [0, 0.1) is 0 Å². The Morgan fingerprint density at radius 1 is 1.25 bits per heavy atom. The molecule has 5 N–H and O–H groups in total. The average molecular weight is 279 g/mol. The van der Waals surface area contributed by atoms with E-state index in [4.69, 9.17) is 11.5 Å². The van der Waals surface area contributed by atoms with Crippen LogP contribution in [0.4, 0.5) is 5.69 Å². The van der Waals surface area contributed by atoms with Crippen molar-refractivity contribution in [2.75, 3.05) is 5.73 Å². The summed E-state index contributed by atoms with van der Waals surface area (Å²) in [6, 6.07) is 7.43. The van der Waals surface area contributed by atoms with Gasteiger partial charge in [0.25, 0.3) is 0 Å². The molecule has 0 saturated heterocycles. The van der Waals surface area contributed by atoms with Crippen LogP contribution in [0.2, 0.25) is 0 Å². The van der Waals surface area contributed by atoms with E-state index in [1.54, 1.807) is 0 Å². The maximum Gasteiger partial charge on any atom is 0.0328 e. The van der Waals surface area contributed by atoms with Gasteiger partial charge in [0, 0.05) is 57.0 Å². The standard InChI is InChI=1S/C7H9N2.H2O.V.Y/c8-5-6-3-1-2-4-7(6)9;;;/h1-4,8H,5,9H2;1H2;;/q-1;;;. The van der Waals surface area contributed by atoms with Crippen LogP contribution in [0.1, 0.15) is 5.56 Å². The van der Waals surface area contributed by atoms with E-state index in [0.29, 0.717) is 5.69 Å².